The molecule has 0 aliphatic rings. The largest absolute Gasteiger partial charge is 0.464 e. The number of ether oxygens (including phenoxy) is 1. The zero-order valence-electron chi connectivity index (χ0n) is 6.94. The number of carbonyl (C=O) groups excluding carboxylic acids is 1. The first-order chi connectivity index (χ1) is 5.40. The predicted octanol–water partition coefficient (Wildman–Crippen LogP) is 2.86. The Balaban J connectivity index is 3.94. The molecule has 0 N–H and O–H groups in total. The maximum absolute atomic E-state index is 10.5. The molecule has 0 fully saturated rings. The van der Waals surface area contributed by atoms with Crippen LogP contribution in [0.4, 0.5) is 0 Å². The van der Waals surface area contributed by atoms with Crippen molar-refractivity contribution in [3.05, 3.63) is 0 Å². The zero-order valence-corrected chi connectivity index (χ0v) is 11.7. The minimum Gasteiger partial charge on any atom is -0.464 e. The van der Waals surface area contributed by atoms with Gasteiger partial charge in [-0.25, -0.2) is 0 Å². The fraction of sp³-hybridized carbons (Fsp3) is 0.857. The summed E-state index contributed by atoms with van der Waals surface area (Å²) in [5, 5.41) is 0.802. The number of esters is 1. The molecule has 2 unspecified atom stereocenters. The van der Waals surface area contributed by atoms with E-state index in [1.807, 2.05) is 6.92 Å². The number of rotatable bonds is 4. The summed E-state index contributed by atoms with van der Waals surface area (Å²) < 4.78 is 4.67. The van der Waals surface area contributed by atoms with E-state index in [0.717, 1.165) is 5.33 Å². The van der Waals surface area contributed by atoms with Gasteiger partial charge in [-0.3, -0.25) is 4.79 Å². The lowest BCUT2D eigenvalue weighted by Gasteiger charge is -2.26. The molecular weight excluding hydrogens is 356 g/mol. The van der Waals surface area contributed by atoms with Gasteiger partial charge < -0.3 is 4.74 Å². The Morgan fingerprint density at radius 2 is 2.17 bits per heavy atom. The third-order valence-electron chi connectivity index (χ3n) is 1.35. The molecule has 0 aromatic carbocycles. The minimum atomic E-state index is -0.255. The highest BCUT2D eigenvalue weighted by Crippen LogP contribution is 2.29. The Hall–Kier alpha value is 0.910. The van der Waals surface area contributed by atoms with E-state index in [-0.39, 0.29) is 15.1 Å². The van der Waals surface area contributed by atoms with Gasteiger partial charge in [0, 0.05) is 17.1 Å². The standard InChI is InChI=1S/C7H11Br3O2/c1-5(11)12-4-7(2,10)6(9)3-8/h6H,3-4H2,1-2H3. The van der Waals surface area contributed by atoms with Crippen LogP contribution in [0.5, 0.6) is 0 Å². The van der Waals surface area contributed by atoms with Crippen LogP contribution >= 0.6 is 47.8 Å². The van der Waals surface area contributed by atoms with Crippen molar-refractivity contribution < 1.29 is 9.53 Å². The second-order valence-corrected chi connectivity index (χ2v) is 6.24. The second kappa shape index (κ2) is 5.60. The topological polar surface area (TPSA) is 26.3 Å². The van der Waals surface area contributed by atoms with E-state index in [0.29, 0.717) is 6.61 Å². The summed E-state index contributed by atoms with van der Waals surface area (Å²) in [6.45, 7) is 3.74. The van der Waals surface area contributed by atoms with Crippen LogP contribution in [0.1, 0.15) is 13.8 Å². The maximum atomic E-state index is 10.5. The molecule has 0 aliphatic heterocycles. The first-order valence-electron chi connectivity index (χ1n) is 3.42. The smallest absolute Gasteiger partial charge is 0.302 e. The minimum absolute atomic E-state index is 0.220. The van der Waals surface area contributed by atoms with Crippen LogP contribution in [0.2, 0.25) is 0 Å². The number of hydrogen-bond donors (Lipinski definition) is 0. The molecule has 0 aromatic rings. The molecule has 0 rings (SSSR count). The van der Waals surface area contributed by atoms with Gasteiger partial charge in [0.15, 0.2) is 0 Å². The molecule has 12 heavy (non-hydrogen) atoms. The molecule has 0 amide bonds. The van der Waals surface area contributed by atoms with Gasteiger partial charge in [-0.2, -0.15) is 0 Å². The van der Waals surface area contributed by atoms with E-state index in [9.17, 15) is 4.79 Å². The van der Waals surface area contributed by atoms with E-state index in [1.165, 1.54) is 6.92 Å². The SMILES string of the molecule is CC(=O)OCC(C)(Br)C(Br)CBr. The van der Waals surface area contributed by atoms with Crippen LogP contribution < -0.4 is 0 Å². The summed E-state index contributed by atoms with van der Waals surface area (Å²) in [7, 11) is 0. The lowest BCUT2D eigenvalue weighted by Crippen LogP contribution is -2.35. The molecule has 2 atom stereocenters. The van der Waals surface area contributed by atoms with Gasteiger partial charge in [0.2, 0.25) is 0 Å². The third kappa shape index (κ3) is 4.82. The monoisotopic (exact) mass is 364 g/mol. The van der Waals surface area contributed by atoms with Crippen molar-refractivity contribution in [3.8, 4) is 0 Å². The van der Waals surface area contributed by atoms with Crippen LogP contribution in [0.25, 0.3) is 0 Å². The second-order valence-electron chi connectivity index (χ2n) is 2.68. The van der Waals surface area contributed by atoms with Crippen molar-refractivity contribution >= 4 is 53.8 Å². The molecule has 0 spiro atoms. The third-order valence-corrected chi connectivity index (χ3v) is 5.59. The average Bonchev–Trinajstić information content (AvgIpc) is 1.99. The van der Waals surface area contributed by atoms with Gasteiger partial charge in [0.05, 0.1) is 4.32 Å². The van der Waals surface area contributed by atoms with Gasteiger partial charge in [-0.1, -0.05) is 47.8 Å². The Bertz CT molecular complexity index is 159. The van der Waals surface area contributed by atoms with E-state index >= 15 is 0 Å². The summed E-state index contributed by atoms with van der Waals surface area (Å²) in [5.74, 6) is -0.255. The Morgan fingerprint density at radius 1 is 1.67 bits per heavy atom. The normalized spacial score (nSPS) is 18.1. The molecule has 0 saturated heterocycles. The summed E-state index contributed by atoms with van der Waals surface area (Å²) >= 11 is 10.3. The van der Waals surface area contributed by atoms with Crippen LogP contribution in [0, 0.1) is 0 Å². The Kier molecular flexibility index (Phi) is 6.03. The van der Waals surface area contributed by atoms with Crippen molar-refractivity contribution in [3.63, 3.8) is 0 Å². The molecule has 0 bridgehead atoms. The van der Waals surface area contributed by atoms with Gasteiger partial charge in [0.1, 0.15) is 6.61 Å². The molecule has 0 radical (unpaired) electrons. The van der Waals surface area contributed by atoms with Crippen molar-refractivity contribution in [2.24, 2.45) is 0 Å². The summed E-state index contributed by atoms with van der Waals surface area (Å²) in [6.07, 6.45) is 0. The molecule has 2 nitrogen and oxygen atoms in total. The molecule has 5 heteroatoms. The van der Waals surface area contributed by atoms with E-state index < -0.39 is 0 Å². The Morgan fingerprint density at radius 3 is 2.50 bits per heavy atom. The average molecular weight is 367 g/mol. The number of hydrogen-bond acceptors (Lipinski definition) is 2. The molecular formula is C7H11Br3O2. The lowest BCUT2D eigenvalue weighted by atomic mass is 10.1. The first-order valence-corrected chi connectivity index (χ1v) is 6.25. The van der Waals surface area contributed by atoms with Crippen molar-refractivity contribution in [1.82, 2.24) is 0 Å². The molecule has 0 aliphatic carbocycles. The van der Waals surface area contributed by atoms with Gasteiger partial charge in [-0.05, 0) is 6.92 Å². The van der Waals surface area contributed by atoms with Crippen molar-refractivity contribution in [1.29, 1.82) is 0 Å². The molecule has 0 heterocycles. The molecule has 0 saturated carbocycles. The van der Waals surface area contributed by atoms with Crippen LogP contribution in [0.15, 0.2) is 0 Å². The number of alkyl halides is 3. The van der Waals surface area contributed by atoms with Gasteiger partial charge in [0.25, 0.3) is 0 Å². The van der Waals surface area contributed by atoms with Crippen LogP contribution in [-0.2, 0) is 9.53 Å². The highest BCUT2D eigenvalue weighted by atomic mass is 79.9. The quantitative estimate of drug-likeness (QED) is 0.565. The van der Waals surface area contributed by atoms with Crippen LogP contribution in [-0.4, -0.2) is 27.1 Å². The fourth-order valence-electron chi connectivity index (χ4n) is 0.494. The van der Waals surface area contributed by atoms with Crippen LogP contribution in [0.3, 0.4) is 0 Å². The van der Waals surface area contributed by atoms with E-state index in [4.69, 9.17) is 4.74 Å². The molecule has 72 valence electrons. The predicted molar refractivity (Wildman–Crippen MR) is 60.5 cm³/mol. The number of halogens is 3. The highest BCUT2D eigenvalue weighted by Gasteiger charge is 2.30. The maximum Gasteiger partial charge on any atom is 0.302 e. The molecule has 0 aromatic heterocycles. The Labute approximate surface area is 97.8 Å². The van der Waals surface area contributed by atoms with Gasteiger partial charge in [-0.15, -0.1) is 0 Å². The summed E-state index contributed by atoms with van der Waals surface area (Å²) in [4.78, 5) is 10.8. The van der Waals surface area contributed by atoms with E-state index in [1.54, 1.807) is 0 Å². The summed E-state index contributed by atoms with van der Waals surface area (Å²) in [6, 6.07) is 0. The fourth-order valence-corrected chi connectivity index (χ4v) is 2.05. The lowest BCUT2D eigenvalue weighted by molar-refractivity contribution is -0.141. The highest BCUT2D eigenvalue weighted by molar-refractivity contribution is 9.13. The first kappa shape index (κ1) is 12.9. The zero-order chi connectivity index (χ0) is 9.78. The van der Waals surface area contributed by atoms with Crippen molar-refractivity contribution in [2.75, 3.05) is 11.9 Å². The summed E-state index contributed by atoms with van der Waals surface area (Å²) in [5.41, 5.74) is 0. The van der Waals surface area contributed by atoms with Crippen molar-refractivity contribution in [2.45, 2.75) is 23.0 Å². The number of carbonyl (C=O) groups is 1. The van der Waals surface area contributed by atoms with E-state index in [2.05, 4.69) is 47.8 Å². The van der Waals surface area contributed by atoms with Gasteiger partial charge >= 0.3 is 5.97 Å².